The highest BCUT2D eigenvalue weighted by molar-refractivity contribution is 7.84. The molecule has 0 aliphatic carbocycles. The summed E-state index contributed by atoms with van der Waals surface area (Å²) >= 11 is 4.19. The molecule has 7 N–H and O–H groups in total. The molecule has 0 radical (unpaired) electrons. The molecule has 1 heterocycles. The predicted octanol–water partition coefficient (Wildman–Crippen LogP) is 2.05. The van der Waals surface area contributed by atoms with Gasteiger partial charge in [0.2, 0.25) is 5.91 Å². The minimum absolute atomic E-state index is 0.0649. The largest absolute Gasteiger partial charge is 0.371 e. The molecule has 8 nitrogen and oxygen atoms in total. The summed E-state index contributed by atoms with van der Waals surface area (Å²) in [4.78, 5) is 27.7. The summed E-state index contributed by atoms with van der Waals surface area (Å²) in [6.07, 6.45) is 3.11. The molecule has 2 amide bonds. The second kappa shape index (κ2) is 9.69. The van der Waals surface area contributed by atoms with Crippen molar-refractivity contribution in [2.24, 2.45) is 11.5 Å². The lowest BCUT2D eigenvalue weighted by molar-refractivity contribution is -0.118. The molecular formula is C19H21FN6O2S. The van der Waals surface area contributed by atoms with Crippen LogP contribution in [0.5, 0.6) is 0 Å². The SMILES string of the molecule is CC(=N)/C=C(\S)Nc1cc(N[C@H](Cc2ccccn2)C(N)=O)c(F)cc1C(N)=O. The second-order valence-electron chi connectivity index (χ2n) is 6.20. The van der Waals surface area contributed by atoms with Crippen molar-refractivity contribution in [2.45, 2.75) is 19.4 Å². The molecule has 0 fully saturated rings. The van der Waals surface area contributed by atoms with Crippen LogP contribution in [0, 0.1) is 11.2 Å². The topological polar surface area (TPSA) is 147 Å². The van der Waals surface area contributed by atoms with Gasteiger partial charge in [0, 0.05) is 24.0 Å². The van der Waals surface area contributed by atoms with Gasteiger partial charge in [0.25, 0.3) is 5.91 Å². The van der Waals surface area contributed by atoms with E-state index in [1.165, 1.54) is 12.1 Å². The number of aromatic nitrogens is 1. The molecule has 0 unspecified atom stereocenters. The highest BCUT2D eigenvalue weighted by Crippen LogP contribution is 2.27. The fourth-order valence-corrected chi connectivity index (χ4v) is 2.82. The maximum absolute atomic E-state index is 14.6. The molecule has 0 saturated heterocycles. The molecule has 2 rings (SSSR count). The Kier molecular flexibility index (Phi) is 7.32. The second-order valence-corrected chi connectivity index (χ2v) is 6.69. The zero-order valence-corrected chi connectivity index (χ0v) is 16.5. The maximum Gasteiger partial charge on any atom is 0.250 e. The Balaban J connectivity index is 2.37. The number of allylic oxidation sites excluding steroid dienone is 1. The Labute approximate surface area is 172 Å². The number of halogens is 1. The van der Waals surface area contributed by atoms with Gasteiger partial charge in [-0.05, 0) is 37.3 Å². The van der Waals surface area contributed by atoms with Gasteiger partial charge in [-0.25, -0.2) is 4.39 Å². The van der Waals surface area contributed by atoms with Crippen molar-refractivity contribution in [3.8, 4) is 0 Å². The van der Waals surface area contributed by atoms with Crippen molar-refractivity contribution in [1.82, 2.24) is 4.98 Å². The van der Waals surface area contributed by atoms with Gasteiger partial charge in [0.15, 0.2) is 0 Å². The monoisotopic (exact) mass is 416 g/mol. The van der Waals surface area contributed by atoms with Crippen LogP contribution < -0.4 is 22.1 Å². The standard InChI is InChI=1S/C19H21FN6O2S/c1-10(21)6-17(29)26-14-9-15(13(20)8-12(14)18(22)27)25-16(19(23)28)7-11-4-2-3-5-24-11/h2-6,8-9,16,21,25-26,29H,7H2,1H3,(H2,22,27)(H2,23,28)/b17-6-,21-10?/t16-/m1/s1. The summed E-state index contributed by atoms with van der Waals surface area (Å²) in [7, 11) is 0. The molecule has 0 saturated carbocycles. The number of carbonyl (C=O) groups is 2. The first kappa shape index (κ1) is 21.9. The van der Waals surface area contributed by atoms with E-state index < -0.39 is 23.7 Å². The van der Waals surface area contributed by atoms with Crippen LogP contribution in [0.4, 0.5) is 15.8 Å². The van der Waals surface area contributed by atoms with E-state index >= 15 is 0 Å². The molecule has 1 aromatic heterocycles. The highest BCUT2D eigenvalue weighted by Gasteiger charge is 2.21. The van der Waals surface area contributed by atoms with Crippen LogP contribution in [0.15, 0.2) is 47.6 Å². The number of anilines is 2. The molecule has 0 spiro atoms. The summed E-state index contributed by atoms with van der Waals surface area (Å²) in [6.45, 7) is 1.54. The third kappa shape index (κ3) is 6.32. The molecule has 1 atom stereocenters. The Hall–Kier alpha value is -3.40. The fraction of sp³-hybridized carbons (Fsp3) is 0.158. The minimum Gasteiger partial charge on any atom is -0.371 e. The van der Waals surface area contributed by atoms with Crippen molar-refractivity contribution in [2.75, 3.05) is 10.6 Å². The van der Waals surface area contributed by atoms with E-state index in [0.717, 1.165) is 6.07 Å². The Morgan fingerprint density at radius 1 is 1.31 bits per heavy atom. The minimum atomic E-state index is -0.943. The van der Waals surface area contributed by atoms with E-state index in [0.29, 0.717) is 5.69 Å². The summed E-state index contributed by atoms with van der Waals surface area (Å²) in [6, 6.07) is 6.50. The van der Waals surface area contributed by atoms with Crippen molar-refractivity contribution in [3.05, 3.63) is 64.7 Å². The van der Waals surface area contributed by atoms with Crippen LogP contribution in [-0.2, 0) is 11.2 Å². The molecule has 29 heavy (non-hydrogen) atoms. The van der Waals surface area contributed by atoms with Gasteiger partial charge in [-0.2, -0.15) is 0 Å². The lowest BCUT2D eigenvalue weighted by Gasteiger charge is -2.19. The number of rotatable bonds is 9. The normalized spacial score (nSPS) is 12.2. The van der Waals surface area contributed by atoms with Crippen LogP contribution >= 0.6 is 12.6 Å². The van der Waals surface area contributed by atoms with Gasteiger partial charge in [-0.1, -0.05) is 6.07 Å². The number of carbonyl (C=O) groups excluding carboxylic acids is 2. The van der Waals surface area contributed by atoms with Gasteiger partial charge < -0.3 is 27.5 Å². The van der Waals surface area contributed by atoms with Crippen molar-refractivity contribution in [1.29, 1.82) is 5.41 Å². The Bertz CT molecular complexity index is 965. The summed E-state index contributed by atoms with van der Waals surface area (Å²) in [5.41, 5.74) is 11.6. The number of nitrogens with one attached hydrogen (secondary N) is 3. The quantitative estimate of drug-likeness (QED) is 0.273. The number of hydrogen-bond acceptors (Lipinski definition) is 7. The molecule has 152 valence electrons. The number of benzene rings is 1. The van der Waals surface area contributed by atoms with Crippen LogP contribution in [0.2, 0.25) is 0 Å². The smallest absolute Gasteiger partial charge is 0.250 e. The number of hydrogen-bond donors (Lipinski definition) is 6. The number of thiol groups is 1. The van der Waals surface area contributed by atoms with Crippen LogP contribution in [0.1, 0.15) is 23.0 Å². The van der Waals surface area contributed by atoms with E-state index in [2.05, 4.69) is 28.2 Å². The zero-order valence-electron chi connectivity index (χ0n) is 15.6. The number of nitrogens with two attached hydrogens (primary N) is 2. The van der Waals surface area contributed by atoms with Crippen molar-refractivity contribution in [3.63, 3.8) is 0 Å². The van der Waals surface area contributed by atoms with Gasteiger partial charge in [0.05, 0.1) is 22.0 Å². The number of primary amides is 2. The summed E-state index contributed by atoms with van der Waals surface area (Å²) < 4.78 is 14.6. The van der Waals surface area contributed by atoms with E-state index in [1.54, 1.807) is 31.3 Å². The predicted molar refractivity (Wildman–Crippen MR) is 114 cm³/mol. The van der Waals surface area contributed by atoms with E-state index in [4.69, 9.17) is 16.9 Å². The van der Waals surface area contributed by atoms with Gasteiger partial charge in [-0.15, -0.1) is 12.6 Å². The third-order valence-corrected chi connectivity index (χ3v) is 4.04. The first-order valence-electron chi connectivity index (χ1n) is 8.49. The molecule has 0 aliphatic heterocycles. The summed E-state index contributed by atoms with van der Waals surface area (Å²) in [5, 5.41) is 13.3. The van der Waals surface area contributed by atoms with Crippen LogP contribution in [-0.4, -0.2) is 28.6 Å². The Morgan fingerprint density at radius 3 is 2.59 bits per heavy atom. The fourth-order valence-electron chi connectivity index (χ4n) is 2.51. The van der Waals surface area contributed by atoms with E-state index in [-0.39, 0.29) is 34.1 Å². The van der Waals surface area contributed by atoms with Gasteiger partial charge in [0.1, 0.15) is 11.9 Å². The average Bonchev–Trinajstić information content (AvgIpc) is 2.63. The van der Waals surface area contributed by atoms with Gasteiger partial charge in [-0.3, -0.25) is 14.6 Å². The van der Waals surface area contributed by atoms with E-state index in [9.17, 15) is 14.0 Å². The van der Waals surface area contributed by atoms with Gasteiger partial charge >= 0.3 is 0 Å². The highest BCUT2D eigenvalue weighted by atomic mass is 32.1. The first-order chi connectivity index (χ1) is 13.7. The lowest BCUT2D eigenvalue weighted by Crippen LogP contribution is -2.37. The zero-order chi connectivity index (χ0) is 21.6. The maximum atomic E-state index is 14.6. The van der Waals surface area contributed by atoms with Crippen LogP contribution in [0.3, 0.4) is 0 Å². The third-order valence-electron chi connectivity index (χ3n) is 3.80. The average molecular weight is 416 g/mol. The number of amides is 2. The van der Waals surface area contributed by atoms with Crippen molar-refractivity contribution >= 4 is 41.5 Å². The first-order valence-corrected chi connectivity index (χ1v) is 8.94. The van der Waals surface area contributed by atoms with Crippen LogP contribution in [0.25, 0.3) is 0 Å². The molecular weight excluding hydrogens is 395 g/mol. The molecule has 10 heteroatoms. The molecule has 1 aromatic carbocycles. The lowest BCUT2D eigenvalue weighted by atomic mass is 10.1. The summed E-state index contributed by atoms with van der Waals surface area (Å²) in [5.74, 6) is -2.34. The molecule has 2 aromatic rings. The van der Waals surface area contributed by atoms with Crippen molar-refractivity contribution < 1.29 is 14.0 Å². The molecule has 0 aliphatic rings. The van der Waals surface area contributed by atoms with E-state index in [1.807, 2.05) is 0 Å². The molecule has 0 bridgehead atoms. The number of pyridine rings is 1. The Morgan fingerprint density at radius 2 is 2.03 bits per heavy atom. The number of nitrogens with zero attached hydrogens (tertiary/aromatic N) is 1.